The van der Waals surface area contributed by atoms with E-state index >= 15 is 0 Å². The minimum absolute atomic E-state index is 0.156. The molecule has 0 radical (unpaired) electrons. The second-order valence-electron chi connectivity index (χ2n) is 4.93. The highest BCUT2D eigenvalue weighted by Crippen LogP contribution is 2.35. The quantitative estimate of drug-likeness (QED) is 0.781. The number of ether oxygens (including phenoxy) is 1. The summed E-state index contributed by atoms with van der Waals surface area (Å²) in [6.45, 7) is 3.84. The van der Waals surface area contributed by atoms with Crippen LogP contribution in [-0.4, -0.2) is 44.7 Å². The minimum atomic E-state index is -2.79. The molecule has 4 nitrogen and oxygen atoms in total. The van der Waals surface area contributed by atoms with E-state index in [1.807, 2.05) is 0 Å². The van der Waals surface area contributed by atoms with Gasteiger partial charge in [0, 0.05) is 12.6 Å². The Balaban J connectivity index is 1.98. The van der Waals surface area contributed by atoms with Crippen molar-refractivity contribution in [2.24, 2.45) is 0 Å². The minimum Gasteiger partial charge on any atom is -0.375 e. The lowest BCUT2D eigenvalue weighted by atomic mass is 9.85. The van der Waals surface area contributed by atoms with Crippen molar-refractivity contribution in [1.29, 1.82) is 0 Å². The molecule has 0 bridgehead atoms. The van der Waals surface area contributed by atoms with E-state index in [0.717, 1.165) is 26.0 Å². The maximum Gasteiger partial charge on any atom is 0.150 e. The summed E-state index contributed by atoms with van der Waals surface area (Å²) in [4.78, 5) is 0. The van der Waals surface area contributed by atoms with E-state index in [0.29, 0.717) is 30.4 Å². The van der Waals surface area contributed by atoms with E-state index in [9.17, 15) is 8.42 Å². The van der Waals surface area contributed by atoms with E-state index < -0.39 is 9.84 Å². The summed E-state index contributed by atoms with van der Waals surface area (Å²) in [7, 11) is -2.79. The van der Waals surface area contributed by atoms with Gasteiger partial charge in [-0.1, -0.05) is 6.92 Å². The monoisotopic (exact) mass is 247 g/mol. The van der Waals surface area contributed by atoms with Gasteiger partial charge < -0.3 is 10.1 Å². The van der Waals surface area contributed by atoms with Crippen LogP contribution in [0.2, 0.25) is 0 Å². The maximum absolute atomic E-state index is 11.4. The Hall–Kier alpha value is -0.130. The zero-order valence-corrected chi connectivity index (χ0v) is 10.7. The summed E-state index contributed by atoms with van der Waals surface area (Å²) < 4.78 is 28.7. The summed E-state index contributed by atoms with van der Waals surface area (Å²) in [5.74, 6) is 0.595. The molecule has 16 heavy (non-hydrogen) atoms. The zero-order chi connectivity index (χ0) is 11.6. The molecule has 2 fully saturated rings. The van der Waals surface area contributed by atoms with Gasteiger partial charge in [0.25, 0.3) is 0 Å². The van der Waals surface area contributed by atoms with Gasteiger partial charge in [-0.3, -0.25) is 0 Å². The molecule has 2 aliphatic heterocycles. The second kappa shape index (κ2) is 4.63. The maximum atomic E-state index is 11.4. The molecule has 2 rings (SSSR count). The smallest absolute Gasteiger partial charge is 0.150 e. The first-order valence-electron chi connectivity index (χ1n) is 6.13. The number of hydrogen-bond donors (Lipinski definition) is 1. The Morgan fingerprint density at radius 1 is 1.38 bits per heavy atom. The van der Waals surface area contributed by atoms with E-state index in [4.69, 9.17) is 4.74 Å². The summed E-state index contributed by atoms with van der Waals surface area (Å²) in [6, 6.07) is 0.500. The number of rotatable bonds is 2. The van der Waals surface area contributed by atoms with Crippen LogP contribution in [0.15, 0.2) is 0 Å². The van der Waals surface area contributed by atoms with Gasteiger partial charge in [-0.05, 0) is 32.2 Å². The highest BCUT2D eigenvalue weighted by molar-refractivity contribution is 7.91. The van der Waals surface area contributed by atoms with Gasteiger partial charge in [0.15, 0.2) is 9.84 Å². The molecule has 2 saturated heterocycles. The molecule has 0 aromatic heterocycles. The summed E-state index contributed by atoms with van der Waals surface area (Å²) in [5.41, 5.74) is -0.156. The van der Waals surface area contributed by atoms with Crippen LogP contribution in [0.5, 0.6) is 0 Å². The van der Waals surface area contributed by atoms with Crippen molar-refractivity contribution in [3.05, 3.63) is 0 Å². The van der Waals surface area contributed by atoms with E-state index in [2.05, 4.69) is 12.2 Å². The molecule has 1 unspecified atom stereocenters. The van der Waals surface area contributed by atoms with Gasteiger partial charge in [0.1, 0.15) is 0 Å². The van der Waals surface area contributed by atoms with Crippen molar-refractivity contribution in [3.63, 3.8) is 0 Å². The molecule has 0 saturated carbocycles. The van der Waals surface area contributed by atoms with E-state index in [1.165, 1.54) is 0 Å². The number of sulfone groups is 1. The molecule has 5 heteroatoms. The first-order chi connectivity index (χ1) is 7.55. The van der Waals surface area contributed by atoms with E-state index in [-0.39, 0.29) is 5.60 Å². The van der Waals surface area contributed by atoms with Gasteiger partial charge in [-0.2, -0.15) is 0 Å². The van der Waals surface area contributed by atoms with Crippen LogP contribution in [0.4, 0.5) is 0 Å². The summed E-state index contributed by atoms with van der Waals surface area (Å²) in [6.07, 6.45) is 3.37. The number of nitrogens with one attached hydrogen (secondary N) is 1. The van der Waals surface area contributed by atoms with Crippen molar-refractivity contribution in [2.75, 3.05) is 24.7 Å². The van der Waals surface area contributed by atoms with Crippen molar-refractivity contribution < 1.29 is 13.2 Å². The van der Waals surface area contributed by atoms with Crippen molar-refractivity contribution in [2.45, 2.75) is 44.2 Å². The average molecular weight is 247 g/mol. The highest BCUT2D eigenvalue weighted by atomic mass is 32.2. The molecule has 94 valence electrons. The van der Waals surface area contributed by atoms with Gasteiger partial charge in [0.2, 0.25) is 0 Å². The molecule has 0 amide bonds. The first kappa shape index (κ1) is 12.3. The van der Waals surface area contributed by atoms with Crippen LogP contribution in [0.3, 0.4) is 0 Å². The van der Waals surface area contributed by atoms with Gasteiger partial charge in [-0.25, -0.2) is 8.42 Å². The van der Waals surface area contributed by atoms with Crippen molar-refractivity contribution in [1.82, 2.24) is 5.32 Å². The lowest BCUT2D eigenvalue weighted by molar-refractivity contribution is -0.0937. The molecule has 1 spiro atoms. The van der Waals surface area contributed by atoms with Crippen LogP contribution in [0, 0.1) is 0 Å². The normalized spacial score (nSPS) is 32.7. The number of hydrogen-bond acceptors (Lipinski definition) is 4. The third-order valence-electron chi connectivity index (χ3n) is 3.72. The van der Waals surface area contributed by atoms with Gasteiger partial charge in [0.05, 0.1) is 17.1 Å². The topological polar surface area (TPSA) is 55.4 Å². The predicted octanol–water partition coefficient (Wildman–Crippen LogP) is 0.722. The molecule has 0 aromatic carbocycles. The fourth-order valence-electron chi connectivity index (χ4n) is 2.75. The molecular weight excluding hydrogens is 226 g/mol. The molecule has 0 aromatic rings. The van der Waals surface area contributed by atoms with Crippen LogP contribution in [0.1, 0.15) is 32.6 Å². The lowest BCUT2D eigenvalue weighted by Gasteiger charge is -2.43. The third-order valence-corrected chi connectivity index (χ3v) is 5.38. The van der Waals surface area contributed by atoms with E-state index in [1.54, 1.807) is 0 Å². The lowest BCUT2D eigenvalue weighted by Crippen LogP contribution is -2.50. The molecule has 2 aliphatic rings. The Morgan fingerprint density at radius 3 is 2.69 bits per heavy atom. The standard InChI is InChI=1S/C11H21NO3S/c1-2-12-10-3-6-15-11(9-10)4-7-16(13,14)8-5-11/h10,12H,2-9H2,1H3. The van der Waals surface area contributed by atoms with Crippen LogP contribution >= 0.6 is 0 Å². The second-order valence-corrected chi connectivity index (χ2v) is 7.23. The Morgan fingerprint density at radius 2 is 2.06 bits per heavy atom. The molecule has 1 N–H and O–H groups in total. The van der Waals surface area contributed by atoms with Crippen molar-refractivity contribution in [3.8, 4) is 0 Å². The average Bonchev–Trinajstić information content (AvgIpc) is 2.25. The predicted molar refractivity (Wildman–Crippen MR) is 63.3 cm³/mol. The zero-order valence-electron chi connectivity index (χ0n) is 9.87. The molecule has 2 heterocycles. The molecular formula is C11H21NO3S. The van der Waals surface area contributed by atoms with Gasteiger partial charge >= 0.3 is 0 Å². The highest BCUT2D eigenvalue weighted by Gasteiger charge is 2.41. The Kier molecular flexibility index (Phi) is 3.56. The fraction of sp³-hybridized carbons (Fsp3) is 1.00. The molecule has 1 atom stereocenters. The van der Waals surface area contributed by atoms with Crippen molar-refractivity contribution >= 4 is 9.84 Å². The molecule has 0 aliphatic carbocycles. The SMILES string of the molecule is CCNC1CCOC2(CCS(=O)(=O)CC2)C1. The van der Waals surface area contributed by atoms with Crippen LogP contribution in [-0.2, 0) is 14.6 Å². The Labute approximate surface area is 97.7 Å². The Bertz CT molecular complexity index is 323. The first-order valence-corrected chi connectivity index (χ1v) is 7.95. The largest absolute Gasteiger partial charge is 0.375 e. The fourth-order valence-corrected chi connectivity index (χ4v) is 4.32. The third kappa shape index (κ3) is 2.76. The van der Waals surface area contributed by atoms with Crippen LogP contribution in [0.25, 0.3) is 0 Å². The summed E-state index contributed by atoms with van der Waals surface area (Å²) in [5, 5.41) is 3.45. The summed E-state index contributed by atoms with van der Waals surface area (Å²) >= 11 is 0. The van der Waals surface area contributed by atoms with Gasteiger partial charge in [-0.15, -0.1) is 0 Å². The van der Waals surface area contributed by atoms with Crippen LogP contribution < -0.4 is 5.32 Å².